The molecule has 4 nitrogen and oxygen atoms in total. The molecule has 2 rings (SSSR count). The van der Waals surface area contributed by atoms with Gasteiger partial charge in [-0.2, -0.15) is 5.10 Å². The quantitative estimate of drug-likeness (QED) is 0.593. The number of nitrogens with zero attached hydrogens (tertiary/aromatic N) is 2. The number of nitrogens with one attached hydrogen (secondary N) is 1. The summed E-state index contributed by atoms with van der Waals surface area (Å²) in [7, 11) is 1.88. The van der Waals surface area contributed by atoms with Crippen LogP contribution in [0.4, 0.5) is 5.69 Å². The standard InChI is InChI=1S/C12H14N4/c1-8(13)11-5-9(3-4-12(11)14)10-6-15-16(2)7-10/h3-7,13H,14H2,1-2H3. The van der Waals surface area contributed by atoms with Gasteiger partial charge in [-0.05, 0) is 24.6 Å². The number of nitrogen functional groups attached to an aromatic ring is 1. The first kappa shape index (κ1) is 10.4. The summed E-state index contributed by atoms with van der Waals surface area (Å²) in [6, 6.07) is 5.70. The van der Waals surface area contributed by atoms with Gasteiger partial charge in [-0.3, -0.25) is 4.68 Å². The van der Waals surface area contributed by atoms with Crippen molar-refractivity contribution < 1.29 is 0 Å². The smallest absolute Gasteiger partial charge is 0.0568 e. The first-order valence-electron chi connectivity index (χ1n) is 5.02. The molecule has 3 N–H and O–H groups in total. The molecule has 16 heavy (non-hydrogen) atoms. The minimum absolute atomic E-state index is 0.475. The van der Waals surface area contributed by atoms with Gasteiger partial charge < -0.3 is 11.1 Å². The number of aromatic nitrogens is 2. The Morgan fingerprint density at radius 2 is 2.12 bits per heavy atom. The fourth-order valence-corrected chi connectivity index (χ4v) is 1.63. The summed E-state index contributed by atoms with van der Waals surface area (Å²) in [5, 5.41) is 11.8. The summed E-state index contributed by atoms with van der Waals surface area (Å²) in [5.74, 6) is 0. The predicted octanol–water partition coefficient (Wildman–Crippen LogP) is 2.06. The normalized spacial score (nSPS) is 10.4. The van der Waals surface area contributed by atoms with Crippen LogP contribution in [0.25, 0.3) is 11.1 Å². The van der Waals surface area contributed by atoms with Crippen molar-refractivity contribution in [3.05, 3.63) is 36.2 Å². The highest BCUT2D eigenvalue weighted by atomic mass is 15.2. The van der Waals surface area contributed by atoms with Crippen LogP contribution in [0.15, 0.2) is 30.6 Å². The first-order chi connectivity index (χ1) is 7.58. The number of aryl methyl sites for hydroxylation is 1. The van der Waals surface area contributed by atoms with Crippen LogP contribution in [-0.2, 0) is 7.05 Å². The molecule has 0 fully saturated rings. The number of anilines is 1. The zero-order valence-electron chi connectivity index (χ0n) is 9.36. The fourth-order valence-electron chi connectivity index (χ4n) is 1.63. The summed E-state index contributed by atoms with van der Waals surface area (Å²) in [5.41, 5.74) is 9.77. The van der Waals surface area contributed by atoms with E-state index in [0.29, 0.717) is 11.4 Å². The lowest BCUT2D eigenvalue weighted by atomic mass is 10.0. The Kier molecular flexibility index (Phi) is 2.48. The third kappa shape index (κ3) is 1.82. The molecule has 0 aliphatic rings. The molecule has 1 aromatic heterocycles. The molecule has 0 spiro atoms. The van der Waals surface area contributed by atoms with Crippen LogP contribution in [0.1, 0.15) is 12.5 Å². The molecule has 0 aliphatic heterocycles. The maximum Gasteiger partial charge on any atom is 0.0568 e. The van der Waals surface area contributed by atoms with Gasteiger partial charge in [0.2, 0.25) is 0 Å². The fraction of sp³-hybridized carbons (Fsp3) is 0.167. The Morgan fingerprint density at radius 3 is 2.69 bits per heavy atom. The molecular formula is C12H14N4. The first-order valence-corrected chi connectivity index (χ1v) is 5.02. The molecule has 4 heteroatoms. The molecule has 0 saturated heterocycles. The van der Waals surface area contributed by atoms with Crippen molar-refractivity contribution in [2.24, 2.45) is 7.05 Å². The SMILES string of the molecule is CC(=N)c1cc(-c2cnn(C)c2)ccc1N. The summed E-state index contributed by atoms with van der Waals surface area (Å²) in [4.78, 5) is 0. The molecule has 0 aliphatic carbocycles. The average molecular weight is 214 g/mol. The van der Waals surface area contributed by atoms with Gasteiger partial charge >= 0.3 is 0 Å². The van der Waals surface area contributed by atoms with E-state index in [4.69, 9.17) is 11.1 Å². The van der Waals surface area contributed by atoms with Gasteiger partial charge in [-0.15, -0.1) is 0 Å². The van der Waals surface area contributed by atoms with Crippen molar-refractivity contribution in [1.82, 2.24) is 9.78 Å². The van der Waals surface area contributed by atoms with Crippen LogP contribution in [-0.4, -0.2) is 15.5 Å². The van der Waals surface area contributed by atoms with E-state index in [2.05, 4.69) is 5.10 Å². The number of nitrogens with two attached hydrogens (primary N) is 1. The third-order valence-electron chi connectivity index (χ3n) is 2.50. The average Bonchev–Trinajstić information content (AvgIpc) is 2.65. The molecule has 0 saturated carbocycles. The van der Waals surface area contributed by atoms with Crippen LogP contribution in [0, 0.1) is 5.41 Å². The summed E-state index contributed by atoms with van der Waals surface area (Å²) < 4.78 is 1.75. The van der Waals surface area contributed by atoms with E-state index in [-0.39, 0.29) is 0 Å². The zero-order chi connectivity index (χ0) is 11.7. The second-order valence-electron chi connectivity index (χ2n) is 3.83. The van der Waals surface area contributed by atoms with Crippen molar-refractivity contribution >= 4 is 11.4 Å². The lowest BCUT2D eigenvalue weighted by Crippen LogP contribution is -1.99. The van der Waals surface area contributed by atoms with Gasteiger partial charge in [-0.25, -0.2) is 0 Å². The molecule has 82 valence electrons. The molecule has 0 bridgehead atoms. The number of hydrogen-bond donors (Lipinski definition) is 2. The van der Waals surface area contributed by atoms with Crippen molar-refractivity contribution in [2.75, 3.05) is 5.73 Å². The Labute approximate surface area is 94.2 Å². The number of rotatable bonds is 2. The second-order valence-corrected chi connectivity index (χ2v) is 3.83. The molecule has 0 amide bonds. The van der Waals surface area contributed by atoms with Crippen LogP contribution >= 0.6 is 0 Å². The highest BCUT2D eigenvalue weighted by Gasteiger charge is 2.06. The van der Waals surface area contributed by atoms with Gasteiger partial charge in [0.1, 0.15) is 0 Å². The van der Waals surface area contributed by atoms with Gasteiger partial charge in [0, 0.05) is 35.8 Å². The van der Waals surface area contributed by atoms with Crippen LogP contribution in [0.5, 0.6) is 0 Å². The monoisotopic (exact) mass is 214 g/mol. The van der Waals surface area contributed by atoms with Crippen LogP contribution in [0.3, 0.4) is 0 Å². The summed E-state index contributed by atoms with van der Waals surface area (Å²) >= 11 is 0. The van der Waals surface area contributed by atoms with E-state index in [0.717, 1.165) is 16.7 Å². The van der Waals surface area contributed by atoms with Crippen molar-refractivity contribution in [2.45, 2.75) is 6.92 Å². The van der Waals surface area contributed by atoms with Gasteiger partial charge in [0.05, 0.1) is 6.20 Å². The highest BCUT2D eigenvalue weighted by molar-refractivity contribution is 6.02. The number of benzene rings is 1. The number of hydrogen-bond acceptors (Lipinski definition) is 3. The van der Waals surface area contributed by atoms with E-state index < -0.39 is 0 Å². The summed E-state index contributed by atoms with van der Waals surface area (Å²) in [6.07, 6.45) is 3.74. The molecule has 0 unspecified atom stereocenters. The van der Waals surface area contributed by atoms with Gasteiger partial charge in [0.25, 0.3) is 0 Å². The van der Waals surface area contributed by atoms with Crippen molar-refractivity contribution in [1.29, 1.82) is 5.41 Å². The zero-order valence-corrected chi connectivity index (χ0v) is 9.36. The van der Waals surface area contributed by atoms with Crippen LogP contribution in [0.2, 0.25) is 0 Å². The van der Waals surface area contributed by atoms with Crippen molar-refractivity contribution in [3.63, 3.8) is 0 Å². The lowest BCUT2D eigenvalue weighted by Gasteiger charge is -2.05. The topological polar surface area (TPSA) is 67.7 Å². The Morgan fingerprint density at radius 1 is 1.38 bits per heavy atom. The molecule has 1 heterocycles. The molecule has 0 atom stereocenters. The lowest BCUT2D eigenvalue weighted by molar-refractivity contribution is 0.768. The maximum atomic E-state index is 7.64. The largest absolute Gasteiger partial charge is 0.398 e. The van der Waals surface area contributed by atoms with Gasteiger partial charge in [-0.1, -0.05) is 6.07 Å². The minimum atomic E-state index is 0.475. The predicted molar refractivity (Wildman–Crippen MR) is 65.6 cm³/mol. The maximum absolute atomic E-state index is 7.64. The van der Waals surface area contributed by atoms with Gasteiger partial charge in [0.15, 0.2) is 0 Å². The second kappa shape index (κ2) is 3.81. The Balaban J connectivity index is 2.51. The molecule has 0 radical (unpaired) electrons. The third-order valence-corrected chi connectivity index (χ3v) is 2.50. The minimum Gasteiger partial charge on any atom is -0.398 e. The molecule has 2 aromatic rings. The van der Waals surface area contributed by atoms with E-state index in [1.54, 1.807) is 17.8 Å². The van der Waals surface area contributed by atoms with Crippen molar-refractivity contribution in [3.8, 4) is 11.1 Å². The van der Waals surface area contributed by atoms with E-state index in [1.807, 2.05) is 31.4 Å². The van der Waals surface area contributed by atoms with E-state index in [9.17, 15) is 0 Å². The Hall–Kier alpha value is -2.10. The van der Waals surface area contributed by atoms with Crippen LogP contribution < -0.4 is 5.73 Å². The molecular weight excluding hydrogens is 200 g/mol. The van der Waals surface area contributed by atoms with E-state index in [1.165, 1.54) is 0 Å². The van der Waals surface area contributed by atoms with E-state index >= 15 is 0 Å². The molecule has 1 aromatic carbocycles. The Bertz CT molecular complexity index is 540. The summed E-state index contributed by atoms with van der Waals surface area (Å²) in [6.45, 7) is 1.73. The highest BCUT2D eigenvalue weighted by Crippen LogP contribution is 2.23.